The van der Waals surface area contributed by atoms with Crippen LogP contribution < -0.4 is 0 Å². The van der Waals surface area contributed by atoms with Gasteiger partial charge in [-0.2, -0.15) is 0 Å². The minimum absolute atomic E-state index is 0.0508. The van der Waals surface area contributed by atoms with E-state index in [2.05, 4.69) is 80.2 Å². The number of fused-ring (bicyclic) bond motifs is 5. The van der Waals surface area contributed by atoms with Crippen LogP contribution in [0.3, 0.4) is 0 Å². The van der Waals surface area contributed by atoms with Crippen molar-refractivity contribution in [1.82, 2.24) is 0 Å². The van der Waals surface area contributed by atoms with E-state index in [1.807, 2.05) is 6.92 Å². The fourth-order valence-corrected chi connectivity index (χ4v) is 3.97. The smallest absolute Gasteiger partial charge is 0.126 e. The zero-order chi connectivity index (χ0) is 19.7. The van der Waals surface area contributed by atoms with Gasteiger partial charge in [0.05, 0.1) is 11.6 Å². The van der Waals surface area contributed by atoms with Crippen LogP contribution in [0, 0.1) is 0 Å². The zero-order valence-corrected chi connectivity index (χ0v) is 16.6. The molecule has 28 heavy (non-hydrogen) atoms. The third kappa shape index (κ3) is 3.23. The first-order valence-corrected chi connectivity index (χ1v) is 9.97. The fourth-order valence-electron chi connectivity index (χ4n) is 3.97. The highest BCUT2D eigenvalue weighted by Crippen LogP contribution is 2.42. The summed E-state index contributed by atoms with van der Waals surface area (Å²) < 4.78 is 6.16. The first-order valence-electron chi connectivity index (χ1n) is 9.97. The van der Waals surface area contributed by atoms with Crippen molar-refractivity contribution in [3.05, 3.63) is 96.1 Å². The Kier molecular flexibility index (Phi) is 4.99. The lowest BCUT2D eigenvalue weighted by molar-refractivity contribution is -0.00740. The largest absolute Gasteiger partial charge is 0.373 e. The van der Waals surface area contributed by atoms with Crippen LogP contribution in [0.15, 0.2) is 79.4 Å². The number of ether oxygens (including phenoxy) is 1. The van der Waals surface area contributed by atoms with Crippen LogP contribution in [-0.2, 0) is 16.7 Å². The van der Waals surface area contributed by atoms with E-state index in [1.165, 1.54) is 33.4 Å². The molecule has 0 saturated heterocycles. The van der Waals surface area contributed by atoms with Crippen molar-refractivity contribution in [2.75, 3.05) is 0 Å². The molecule has 4 rings (SSSR count). The van der Waals surface area contributed by atoms with Crippen LogP contribution in [-0.4, -0.2) is 14.0 Å². The Labute approximate surface area is 169 Å². The molecule has 0 N–H and O–H groups in total. The summed E-state index contributed by atoms with van der Waals surface area (Å²) in [5, 5.41) is 0. The summed E-state index contributed by atoms with van der Waals surface area (Å²) in [6.45, 7) is 8.09. The van der Waals surface area contributed by atoms with E-state index in [-0.39, 0.29) is 6.10 Å². The molecule has 1 aliphatic carbocycles. The second kappa shape index (κ2) is 7.45. The Balaban J connectivity index is 1.93. The number of hydrogen-bond acceptors (Lipinski definition) is 1. The minimum Gasteiger partial charge on any atom is -0.373 e. The highest BCUT2D eigenvalue weighted by molar-refractivity contribution is 6.16. The molecule has 0 saturated carbocycles. The maximum absolute atomic E-state index is 6.64. The molecule has 0 bridgehead atoms. The zero-order valence-electron chi connectivity index (χ0n) is 16.6. The van der Waals surface area contributed by atoms with Crippen molar-refractivity contribution in [2.24, 2.45) is 0 Å². The second-order valence-electron chi connectivity index (χ2n) is 7.59. The summed E-state index contributed by atoms with van der Waals surface area (Å²) >= 11 is 0. The lowest BCUT2D eigenvalue weighted by atomic mass is 9.74. The molecule has 3 aromatic rings. The molecule has 0 amide bonds. The van der Waals surface area contributed by atoms with Crippen LogP contribution in [0.4, 0.5) is 0 Å². The van der Waals surface area contributed by atoms with Gasteiger partial charge in [-0.3, -0.25) is 0 Å². The summed E-state index contributed by atoms with van der Waals surface area (Å²) in [6.07, 6.45) is 3.58. The minimum atomic E-state index is -1.01. The average Bonchev–Trinajstić information content (AvgIpc) is 2.87. The molecule has 2 atom stereocenters. The van der Waals surface area contributed by atoms with Gasteiger partial charge in [0, 0.05) is 0 Å². The Bertz CT molecular complexity index is 1020. The maximum atomic E-state index is 6.64. The third-order valence-electron chi connectivity index (χ3n) is 5.74. The molecule has 1 nitrogen and oxygen atoms in total. The summed E-state index contributed by atoms with van der Waals surface area (Å²) in [5.74, 6) is 0. The lowest BCUT2D eigenvalue weighted by Crippen LogP contribution is -2.31. The Hall–Kier alpha value is -2.58. The molecular formula is C26H25BO. The first-order chi connectivity index (χ1) is 13.6. The molecule has 0 heterocycles. The van der Waals surface area contributed by atoms with Gasteiger partial charge >= 0.3 is 0 Å². The van der Waals surface area contributed by atoms with Crippen LogP contribution in [0.25, 0.3) is 22.3 Å². The Morgan fingerprint density at radius 3 is 2.18 bits per heavy atom. The maximum Gasteiger partial charge on any atom is 0.126 e. The van der Waals surface area contributed by atoms with Gasteiger partial charge < -0.3 is 4.74 Å². The quantitative estimate of drug-likeness (QED) is 0.301. The molecule has 1 aliphatic rings. The molecule has 138 valence electrons. The van der Waals surface area contributed by atoms with Gasteiger partial charge in [-0.1, -0.05) is 73.7 Å². The Morgan fingerprint density at radius 2 is 1.57 bits per heavy atom. The number of hydrogen-bond donors (Lipinski definition) is 0. The van der Waals surface area contributed by atoms with Crippen molar-refractivity contribution in [3.8, 4) is 22.3 Å². The highest BCUT2D eigenvalue weighted by Gasteiger charge is 2.27. The third-order valence-corrected chi connectivity index (χ3v) is 5.74. The van der Waals surface area contributed by atoms with Gasteiger partial charge in [0.1, 0.15) is 7.85 Å². The van der Waals surface area contributed by atoms with E-state index < -0.39 is 5.50 Å². The van der Waals surface area contributed by atoms with Crippen molar-refractivity contribution in [1.29, 1.82) is 0 Å². The van der Waals surface area contributed by atoms with E-state index in [0.717, 1.165) is 18.4 Å². The van der Waals surface area contributed by atoms with Gasteiger partial charge in [0.25, 0.3) is 0 Å². The van der Waals surface area contributed by atoms with Crippen LogP contribution in [0.2, 0.25) is 0 Å². The molecule has 3 aromatic carbocycles. The summed E-state index contributed by atoms with van der Waals surface area (Å²) in [4.78, 5) is 0. The fraction of sp³-hybridized carbons (Fsp3) is 0.231. The Morgan fingerprint density at radius 1 is 0.964 bits per heavy atom. The molecule has 2 unspecified atom stereocenters. The SMILES string of the molecule is [B]C(C=C)(OC(C)CC)c1ccc2c(c1)-c1ccccc1Cc1ccccc1-2. The van der Waals surface area contributed by atoms with E-state index in [1.54, 1.807) is 6.08 Å². The highest BCUT2D eigenvalue weighted by atomic mass is 16.5. The van der Waals surface area contributed by atoms with Crippen molar-refractivity contribution in [2.45, 2.75) is 38.3 Å². The van der Waals surface area contributed by atoms with Gasteiger partial charge in [0.2, 0.25) is 0 Å². The van der Waals surface area contributed by atoms with E-state index in [0.29, 0.717) is 0 Å². The second-order valence-corrected chi connectivity index (χ2v) is 7.59. The van der Waals surface area contributed by atoms with Gasteiger partial charge in [-0.15, -0.1) is 6.58 Å². The predicted octanol–water partition coefficient (Wildman–Crippen LogP) is 6.25. The van der Waals surface area contributed by atoms with Crippen LogP contribution in [0.1, 0.15) is 37.0 Å². The lowest BCUT2D eigenvalue weighted by Gasteiger charge is -2.32. The van der Waals surface area contributed by atoms with Gasteiger partial charge in [-0.25, -0.2) is 0 Å². The van der Waals surface area contributed by atoms with Gasteiger partial charge in [-0.05, 0) is 64.8 Å². The summed E-state index contributed by atoms with van der Waals surface area (Å²) in [7, 11) is 6.64. The van der Waals surface area contributed by atoms with Crippen molar-refractivity contribution >= 4 is 7.85 Å². The van der Waals surface area contributed by atoms with E-state index in [9.17, 15) is 0 Å². The molecule has 0 spiro atoms. The molecule has 0 aliphatic heterocycles. The number of rotatable bonds is 5. The predicted molar refractivity (Wildman–Crippen MR) is 119 cm³/mol. The van der Waals surface area contributed by atoms with Gasteiger partial charge in [0.15, 0.2) is 0 Å². The molecular weight excluding hydrogens is 339 g/mol. The van der Waals surface area contributed by atoms with Crippen molar-refractivity contribution < 1.29 is 4.74 Å². The van der Waals surface area contributed by atoms with E-state index in [4.69, 9.17) is 12.6 Å². The normalized spacial score (nSPS) is 15.4. The van der Waals surface area contributed by atoms with Crippen molar-refractivity contribution in [3.63, 3.8) is 0 Å². The topological polar surface area (TPSA) is 9.23 Å². The molecule has 2 radical (unpaired) electrons. The molecule has 0 aromatic heterocycles. The van der Waals surface area contributed by atoms with Crippen LogP contribution in [0.5, 0.6) is 0 Å². The van der Waals surface area contributed by atoms with Crippen LogP contribution >= 0.6 is 0 Å². The first kappa shape index (κ1) is 18.8. The molecule has 0 fully saturated rings. The average molecular weight is 364 g/mol. The summed E-state index contributed by atoms with van der Waals surface area (Å²) in [5.41, 5.74) is 7.56. The standard InChI is InChI=1S/C26H25BO/c1-4-18(3)28-26(27,5-2)21-14-15-24-22-12-8-6-10-19(22)16-20-11-7-9-13-23(20)25(24)17-21/h5-15,17-18H,2,4,16H2,1,3H3. The van der Waals surface area contributed by atoms with E-state index >= 15 is 0 Å². The summed E-state index contributed by atoms with van der Waals surface area (Å²) in [6, 6.07) is 23.7. The monoisotopic (exact) mass is 364 g/mol. The molecule has 2 heteroatoms. The number of benzene rings is 3.